The smallest absolute Gasteiger partial charge is 0.213 e. The van der Waals surface area contributed by atoms with Gasteiger partial charge in [-0.3, -0.25) is 0 Å². The van der Waals surface area contributed by atoms with Crippen molar-refractivity contribution in [3.8, 4) is 5.88 Å². The second-order valence-electron chi connectivity index (χ2n) is 5.84. The molecule has 3 heteroatoms. The number of nitrogens with zero attached hydrogens (tertiary/aromatic N) is 1. The van der Waals surface area contributed by atoms with Crippen molar-refractivity contribution in [2.24, 2.45) is 0 Å². The van der Waals surface area contributed by atoms with E-state index in [-0.39, 0.29) is 5.54 Å². The zero-order valence-electron chi connectivity index (χ0n) is 12.6. The lowest BCUT2D eigenvalue weighted by molar-refractivity contribution is 0.299. The van der Waals surface area contributed by atoms with Crippen molar-refractivity contribution in [3.05, 3.63) is 36.0 Å². The summed E-state index contributed by atoms with van der Waals surface area (Å²) in [6.07, 6.45) is 3.87. The van der Waals surface area contributed by atoms with Crippen LogP contribution in [0.2, 0.25) is 0 Å². The van der Waals surface area contributed by atoms with Crippen LogP contribution in [0.3, 0.4) is 0 Å². The van der Waals surface area contributed by atoms with Gasteiger partial charge >= 0.3 is 0 Å². The lowest BCUT2D eigenvalue weighted by Gasteiger charge is -2.20. The van der Waals surface area contributed by atoms with E-state index in [2.05, 4.69) is 43.7 Å². The van der Waals surface area contributed by atoms with Crippen LogP contribution in [0, 0.1) is 6.92 Å². The van der Waals surface area contributed by atoms with Gasteiger partial charge in [-0.15, -0.1) is 6.58 Å². The van der Waals surface area contributed by atoms with Gasteiger partial charge in [0, 0.05) is 23.8 Å². The summed E-state index contributed by atoms with van der Waals surface area (Å²) in [5.74, 6) is 0.717. The third kappa shape index (κ3) is 6.97. The number of ether oxygens (including phenoxy) is 1. The van der Waals surface area contributed by atoms with Crippen molar-refractivity contribution in [2.75, 3.05) is 6.61 Å². The molecule has 106 valence electrons. The highest BCUT2D eigenvalue weighted by Crippen LogP contribution is 2.14. The van der Waals surface area contributed by atoms with Crippen molar-refractivity contribution in [1.29, 1.82) is 0 Å². The van der Waals surface area contributed by atoms with E-state index < -0.39 is 0 Å². The first kappa shape index (κ1) is 15.7. The molecule has 0 bridgehead atoms. The molecule has 0 saturated carbocycles. The van der Waals surface area contributed by atoms with Crippen molar-refractivity contribution >= 4 is 0 Å². The molecule has 19 heavy (non-hydrogen) atoms. The van der Waals surface area contributed by atoms with Gasteiger partial charge in [-0.1, -0.05) is 6.08 Å². The van der Waals surface area contributed by atoms with E-state index in [9.17, 15) is 0 Å². The molecule has 1 N–H and O–H groups in total. The molecule has 0 aliphatic carbocycles. The van der Waals surface area contributed by atoms with E-state index in [1.807, 2.05) is 19.1 Å². The van der Waals surface area contributed by atoms with E-state index in [1.165, 1.54) is 5.56 Å². The first-order chi connectivity index (χ1) is 8.90. The standard InChI is InChI=1S/C16H26N2O/c1-6-7-8-9-19-15-11-14(10-13(2)18-15)12-17-16(3,4)5/h6,10-11,17H,1,7-9,12H2,2-5H3. The van der Waals surface area contributed by atoms with Crippen molar-refractivity contribution < 1.29 is 4.74 Å². The average molecular weight is 262 g/mol. The minimum absolute atomic E-state index is 0.113. The van der Waals surface area contributed by atoms with Gasteiger partial charge in [0.2, 0.25) is 5.88 Å². The molecular weight excluding hydrogens is 236 g/mol. The van der Waals surface area contributed by atoms with Gasteiger partial charge < -0.3 is 10.1 Å². The van der Waals surface area contributed by atoms with Gasteiger partial charge in [0.1, 0.15) is 0 Å². The molecule has 0 unspecified atom stereocenters. The van der Waals surface area contributed by atoms with Crippen LogP contribution in [0.25, 0.3) is 0 Å². The van der Waals surface area contributed by atoms with E-state index in [0.717, 1.165) is 31.0 Å². The SMILES string of the molecule is C=CCCCOc1cc(CNC(C)(C)C)cc(C)n1. The average Bonchev–Trinajstić information content (AvgIpc) is 2.31. The second-order valence-corrected chi connectivity index (χ2v) is 5.84. The van der Waals surface area contributed by atoms with E-state index in [4.69, 9.17) is 4.74 Å². The molecule has 3 nitrogen and oxygen atoms in total. The molecule has 1 aromatic heterocycles. The molecule has 0 aliphatic rings. The normalized spacial score (nSPS) is 11.4. The van der Waals surface area contributed by atoms with Crippen LogP contribution in [-0.4, -0.2) is 17.1 Å². The quantitative estimate of drug-likeness (QED) is 0.602. The van der Waals surface area contributed by atoms with Gasteiger partial charge in [0.25, 0.3) is 0 Å². The third-order valence-corrected chi connectivity index (χ3v) is 2.62. The topological polar surface area (TPSA) is 34.1 Å². The van der Waals surface area contributed by atoms with Gasteiger partial charge in [0.15, 0.2) is 0 Å². The number of hydrogen-bond donors (Lipinski definition) is 1. The number of pyridine rings is 1. The number of unbranched alkanes of at least 4 members (excludes halogenated alkanes) is 1. The number of rotatable bonds is 7. The van der Waals surface area contributed by atoms with E-state index >= 15 is 0 Å². The number of aryl methyl sites for hydroxylation is 1. The zero-order chi connectivity index (χ0) is 14.3. The Kier molecular flexibility index (Phi) is 6.03. The van der Waals surface area contributed by atoms with E-state index in [0.29, 0.717) is 6.61 Å². The fraction of sp³-hybridized carbons (Fsp3) is 0.562. The summed E-state index contributed by atoms with van der Waals surface area (Å²) in [4.78, 5) is 4.40. The van der Waals surface area contributed by atoms with Crippen LogP contribution in [0.1, 0.15) is 44.9 Å². The number of hydrogen-bond acceptors (Lipinski definition) is 3. The summed E-state index contributed by atoms with van der Waals surface area (Å²) in [7, 11) is 0. The highest BCUT2D eigenvalue weighted by atomic mass is 16.5. The number of aromatic nitrogens is 1. The maximum absolute atomic E-state index is 5.67. The van der Waals surface area contributed by atoms with Crippen molar-refractivity contribution in [3.63, 3.8) is 0 Å². The molecule has 0 fully saturated rings. The van der Waals surface area contributed by atoms with Crippen LogP contribution >= 0.6 is 0 Å². The number of nitrogens with one attached hydrogen (secondary N) is 1. The van der Waals surface area contributed by atoms with Gasteiger partial charge in [-0.05, 0) is 52.2 Å². The summed E-state index contributed by atoms with van der Waals surface area (Å²) < 4.78 is 5.67. The third-order valence-electron chi connectivity index (χ3n) is 2.62. The molecule has 0 spiro atoms. The zero-order valence-corrected chi connectivity index (χ0v) is 12.6. The summed E-state index contributed by atoms with van der Waals surface area (Å²) in [5, 5.41) is 3.47. The summed E-state index contributed by atoms with van der Waals surface area (Å²) in [6, 6.07) is 4.11. The maximum atomic E-state index is 5.67. The molecule has 0 atom stereocenters. The van der Waals surface area contributed by atoms with Crippen LogP contribution in [0.15, 0.2) is 24.8 Å². The minimum atomic E-state index is 0.113. The Morgan fingerprint density at radius 2 is 2.11 bits per heavy atom. The Bertz CT molecular complexity index is 408. The molecule has 1 heterocycles. The van der Waals surface area contributed by atoms with Gasteiger partial charge in [0.05, 0.1) is 6.61 Å². The molecule has 0 amide bonds. The van der Waals surface area contributed by atoms with Crippen LogP contribution < -0.4 is 10.1 Å². The monoisotopic (exact) mass is 262 g/mol. The fourth-order valence-electron chi connectivity index (χ4n) is 1.65. The van der Waals surface area contributed by atoms with Crippen LogP contribution in [0.4, 0.5) is 0 Å². The Morgan fingerprint density at radius 1 is 1.37 bits per heavy atom. The lowest BCUT2D eigenvalue weighted by Crippen LogP contribution is -2.35. The molecule has 0 aromatic carbocycles. The minimum Gasteiger partial charge on any atom is -0.478 e. The molecule has 1 aromatic rings. The van der Waals surface area contributed by atoms with Crippen LogP contribution in [0.5, 0.6) is 5.88 Å². The van der Waals surface area contributed by atoms with Crippen molar-refractivity contribution in [1.82, 2.24) is 10.3 Å². The molecular formula is C16H26N2O. The van der Waals surface area contributed by atoms with Crippen molar-refractivity contribution in [2.45, 2.75) is 52.6 Å². The Morgan fingerprint density at radius 3 is 2.74 bits per heavy atom. The van der Waals surface area contributed by atoms with Gasteiger partial charge in [-0.2, -0.15) is 0 Å². The largest absolute Gasteiger partial charge is 0.478 e. The highest BCUT2D eigenvalue weighted by molar-refractivity contribution is 5.24. The molecule has 1 rings (SSSR count). The molecule has 0 radical (unpaired) electrons. The second kappa shape index (κ2) is 7.29. The maximum Gasteiger partial charge on any atom is 0.213 e. The van der Waals surface area contributed by atoms with E-state index in [1.54, 1.807) is 0 Å². The Hall–Kier alpha value is -1.35. The Labute approximate surface area is 117 Å². The first-order valence-corrected chi connectivity index (χ1v) is 6.87. The highest BCUT2D eigenvalue weighted by Gasteiger charge is 2.09. The fourth-order valence-corrected chi connectivity index (χ4v) is 1.65. The lowest BCUT2D eigenvalue weighted by atomic mass is 10.1. The Balaban J connectivity index is 2.58. The molecule has 0 saturated heterocycles. The predicted molar refractivity (Wildman–Crippen MR) is 80.5 cm³/mol. The summed E-state index contributed by atoms with van der Waals surface area (Å²) in [5.41, 5.74) is 2.32. The summed E-state index contributed by atoms with van der Waals surface area (Å²) >= 11 is 0. The number of allylic oxidation sites excluding steroid dienone is 1. The molecule has 0 aliphatic heterocycles. The van der Waals surface area contributed by atoms with Gasteiger partial charge in [-0.25, -0.2) is 4.98 Å². The summed E-state index contributed by atoms with van der Waals surface area (Å²) in [6.45, 7) is 13.7. The predicted octanol–water partition coefficient (Wildman–Crippen LogP) is 3.62. The first-order valence-electron chi connectivity index (χ1n) is 6.87. The van der Waals surface area contributed by atoms with Crippen LogP contribution in [-0.2, 0) is 6.54 Å².